The van der Waals surface area contributed by atoms with Gasteiger partial charge in [0.15, 0.2) is 5.78 Å². The quantitative estimate of drug-likeness (QED) is 0.496. The van der Waals surface area contributed by atoms with Crippen molar-refractivity contribution in [3.63, 3.8) is 0 Å². The number of ketones is 1. The average Bonchev–Trinajstić information content (AvgIpc) is 3.23. The van der Waals surface area contributed by atoms with Crippen LogP contribution in [-0.4, -0.2) is 48.9 Å². The number of aliphatic hydroxyl groups is 2. The van der Waals surface area contributed by atoms with Crippen LogP contribution in [0.3, 0.4) is 0 Å². The van der Waals surface area contributed by atoms with E-state index in [0.29, 0.717) is 11.4 Å². The third-order valence-corrected chi connectivity index (χ3v) is 7.87. The maximum Gasteiger partial charge on any atom is 0.182 e. The highest BCUT2D eigenvalue weighted by molar-refractivity contribution is 5.94. The monoisotopic (exact) mass is 480 g/mol. The van der Waals surface area contributed by atoms with Gasteiger partial charge in [-0.25, -0.2) is 13.8 Å². The minimum Gasteiger partial charge on any atom is -0.394 e. The fourth-order valence-corrected chi connectivity index (χ4v) is 5.98. The largest absolute Gasteiger partial charge is 0.394 e. The van der Waals surface area contributed by atoms with Gasteiger partial charge in [0.05, 0.1) is 47.0 Å². The number of carbonyl (C=O) groups is 1. The molecule has 3 aromatic rings. The summed E-state index contributed by atoms with van der Waals surface area (Å²) in [4.78, 5) is 21.7. The molecule has 3 atom stereocenters. The predicted molar refractivity (Wildman–Crippen MR) is 123 cm³/mol. The van der Waals surface area contributed by atoms with Gasteiger partial charge >= 0.3 is 0 Å². The summed E-state index contributed by atoms with van der Waals surface area (Å²) in [6.07, 6.45) is 3.80. The van der Waals surface area contributed by atoms with Crippen LogP contribution in [0.2, 0.25) is 0 Å². The number of aromatic nitrogens is 4. The minimum atomic E-state index is -0.964. The molecule has 2 bridgehead atoms. The van der Waals surface area contributed by atoms with E-state index in [0.717, 1.165) is 18.4 Å². The molecular weight excluding hydrogens is 454 g/mol. The highest BCUT2D eigenvalue weighted by Crippen LogP contribution is 2.69. The van der Waals surface area contributed by atoms with Crippen LogP contribution in [0.25, 0.3) is 11.3 Å². The highest BCUT2D eigenvalue weighted by Gasteiger charge is 2.65. The molecule has 2 aliphatic rings. The molecule has 0 spiro atoms. The number of rotatable bonds is 7. The molecule has 1 saturated carbocycles. The summed E-state index contributed by atoms with van der Waals surface area (Å²) >= 11 is 0. The maximum absolute atomic E-state index is 14.4. The lowest BCUT2D eigenvalue weighted by Gasteiger charge is -2.37. The number of aliphatic hydroxyl groups excluding tert-OH is 2. The fourth-order valence-electron chi connectivity index (χ4n) is 5.98. The standard InChI is InChI=1S/C26H26F2N4O3/c1-25(2)16-8-9-26(25,22-12-29-11-20(30-22)21(35)7-6-14(34)13-33)24-15(16)10-19(31-32-24)23-17(27)4-3-5-18(23)28/h3-5,10-12,14,16,33-34H,6-9,13H2,1-2H3/t14-,16-,26-/m0/s1. The Morgan fingerprint density at radius 1 is 1.20 bits per heavy atom. The Morgan fingerprint density at radius 3 is 2.66 bits per heavy atom. The molecule has 2 aliphatic carbocycles. The highest BCUT2D eigenvalue weighted by atomic mass is 19.1. The van der Waals surface area contributed by atoms with Gasteiger partial charge in [0.1, 0.15) is 17.3 Å². The average molecular weight is 481 g/mol. The normalized spacial score (nSPS) is 22.7. The van der Waals surface area contributed by atoms with Gasteiger partial charge in [0.2, 0.25) is 0 Å². The predicted octanol–water partition coefficient (Wildman–Crippen LogP) is 3.73. The lowest BCUT2D eigenvalue weighted by molar-refractivity contribution is 0.0776. The van der Waals surface area contributed by atoms with E-state index in [1.165, 1.54) is 24.4 Å². The Kier molecular flexibility index (Phi) is 5.72. The van der Waals surface area contributed by atoms with Gasteiger partial charge in [0.25, 0.3) is 0 Å². The molecule has 182 valence electrons. The molecule has 7 nitrogen and oxygen atoms in total. The SMILES string of the molecule is CC1(C)[C@H]2CC[C@]1(c1cncc(C(=O)CC[C@H](O)CO)n1)c1nnc(-c3c(F)cccc3F)cc12. The van der Waals surface area contributed by atoms with Crippen molar-refractivity contribution in [1.82, 2.24) is 20.2 Å². The third-order valence-electron chi connectivity index (χ3n) is 7.87. The summed E-state index contributed by atoms with van der Waals surface area (Å²) in [5.74, 6) is -1.59. The molecule has 5 rings (SSSR count). The molecule has 0 saturated heterocycles. The van der Waals surface area contributed by atoms with Crippen molar-refractivity contribution in [3.05, 3.63) is 70.9 Å². The van der Waals surface area contributed by atoms with Crippen molar-refractivity contribution < 1.29 is 23.8 Å². The molecule has 9 heteroatoms. The number of fused-ring (bicyclic) bond motifs is 5. The van der Waals surface area contributed by atoms with Crippen LogP contribution < -0.4 is 0 Å². The first-order valence-corrected chi connectivity index (χ1v) is 11.7. The Morgan fingerprint density at radius 2 is 1.94 bits per heavy atom. The van der Waals surface area contributed by atoms with E-state index in [2.05, 4.69) is 34.0 Å². The second-order valence-corrected chi connectivity index (χ2v) is 9.94. The lowest BCUT2D eigenvalue weighted by Crippen LogP contribution is -2.38. The van der Waals surface area contributed by atoms with E-state index in [1.54, 1.807) is 12.3 Å². The first-order chi connectivity index (χ1) is 16.7. The van der Waals surface area contributed by atoms with Gasteiger partial charge in [-0.3, -0.25) is 9.78 Å². The van der Waals surface area contributed by atoms with E-state index in [9.17, 15) is 18.7 Å². The van der Waals surface area contributed by atoms with Gasteiger partial charge in [-0.05, 0) is 54.4 Å². The van der Waals surface area contributed by atoms with Crippen molar-refractivity contribution in [1.29, 1.82) is 0 Å². The van der Waals surface area contributed by atoms with Crippen LogP contribution in [-0.2, 0) is 5.41 Å². The third kappa shape index (κ3) is 3.48. The molecule has 1 fully saturated rings. The molecule has 35 heavy (non-hydrogen) atoms. The van der Waals surface area contributed by atoms with Gasteiger partial charge in [-0.2, -0.15) is 5.10 Å². The summed E-state index contributed by atoms with van der Waals surface area (Å²) < 4.78 is 28.9. The number of Topliss-reactive ketones (excluding diaryl/α,β-unsaturated/α-hetero) is 1. The van der Waals surface area contributed by atoms with E-state index < -0.39 is 29.8 Å². The second-order valence-electron chi connectivity index (χ2n) is 9.94. The molecule has 1 aromatic carbocycles. The molecule has 0 aliphatic heterocycles. The number of hydrogen-bond donors (Lipinski definition) is 2. The fraction of sp³-hybridized carbons (Fsp3) is 0.423. The summed E-state index contributed by atoms with van der Waals surface area (Å²) in [6, 6.07) is 5.44. The first-order valence-electron chi connectivity index (χ1n) is 11.7. The van der Waals surface area contributed by atoms with Gasteiger partial charge in [0, 0.05) is 12.6 Å². The van der Waals surface area contributed by atoms with Crippen LogP contribution in [0, 0.1) is 17.0 Å². The van der Waals surface area contributed by atoms with Gasteiger partial charge in [-0.15, -0.1) is 5.10 Å². The van der Waals surface area contributed by atoms with Crippen LogP contribution in [0.1, 0.15) is 72.9 Å². The van der Waals surface area contributed by atoms with E-state index in [1.807, 2.05) is 0 Å². The number of halogens is 2. The molecular formula is C26H26F2N4O3. The zero-order chi connectivity index (χ0) is 25.0. The van der Waals surface area contributed by atoms with Crippen LogP contribution >= 0.6 is 0 Å². The lowest BCUT2D eigenvalue weighted by atomic mass is 9.66. The first kappa shape index (κ1) is 23.6. The summed E-state index contributed by atoms with van der Waals surface area (Å²) in [6.45, 7) is 3.82. The Hall–Kier alpha value is -3.17. The van der Waals surface area contributed by atoms with E-state index in [-0.39, 0.29) is 46.9 Å². The number of hydrogen-bond acceptors (Lipinski definition) is 7. The van der Waals surface area contributed by atoms with E-state index in [4.69, 9.17) is 5.11 Å². The Bertz CT molecular complexity index is 1300. The number of carbonyl (C=O) groups excluding carboxylic acids is 1. The van der Waals surface area contributed by atoms with Gasteiger partial charge in [-0.1, -0.05) is 19.9 Å². The molecule has 2 aromatic heterocycles. The zero-order valence-electron chi connectivity index (χ0n) is 19.5. The topological polar surface area (TPSA) is 109 Å². The van der Waals surface area contributed by atoms with Crippen molar-refractivity contribution >= 4 is 5.78 Å². The molecule has 2 heterocycles. The molecule has 0 radical (unpaired) electrons. The second kappa shape index (κ2) is 8.49. The van der Waals surface area contributed by atoms with Crippen LogP contribution in [0.5, 0.6) is 0 Å². The molecule has 2 N–H and O–H groups in total. The van der Waals surface area contributed by atoms with Crippen molar-refractivity contribution in [2.75, 3.05) is 6.61 Å². The summed E-state index contributed by atoms with van der Waals surface area (Å²) in [7, 11) is 0. The summed E-state index contributed by atoms with van der Waals surface area (Å²) in [5.41, 5.74) is 1.33. The smallest absolute Gasteiger partial charge is 0.182 e. The molecule has 0 amide bonds. The number of benzene rings is 1. The summed E-state index contributed by atoms with van der Waals surface area (Å²) in [5, 5.41) is 27.3. The van der Waals surface area contributed by atoms with Gasteiger partial charge < -0.3 is 10.2 Å². The van der Waals surface area contributed by atoms with Crippen LogP contribution in [0.4, 0.5) is 8.78 Å². The Labute approximate surface area is 201 Å². The van der Waals surface area contributed by atoms with E-state index >= 15 is 0 Å². The van der Waals surface area contributed by atoms with Crippen LogP contribution in [0.15, 0.2) is 36.7 Å². The zero-order valence-corrected chi connectivity index (χ0v) is 19.5. The van der Waals surface area contributed by atoms with Crippen molar-refractivity contribution in [2.45, 2.75) is 57.0 Å². The van der Waals surface area contributed by atoms with Crippen molar-refractivity contribution in [3.8, 4) is 11.3 Å². The number of nitrogens with zero attached hydrogens (tertiary/aromatic N) is 4. The van der Waals surface area contributed by atoms with Crippen molar-refractivity contribution in [2.24, 2.45) is 5.41 Å². The molecule has 0 unspecified atom stereocenters. The minimum absolute atomic E-state index is 0.0346. The maximum atomic E-state index is 14.4. The Balaban J connectivity index is 1.57.